The summed E-state index contributed by atoms with van der Waals surface area (Å²) < 4.78 is 0. The van der Waals surface area contributed by atoms with Gasteiger partial charge in [-0.15, -0.1) is 0 Å². The van der Waals surface area contributed by atoms with Gasteiger partial charge in [0.25, 0.3) is 0 Å². The van der Waals surface area contributed by atoms with E-state index in [9.17, 15) is 0 Å². The molecule has 0 spiro atoms. The van der Waals surface area contributed by atoms with Crippen LogP contribution >= 0.6 is 11.6 Å². The van der Waals surface area contributed by atoms with Gasteiger partial charge in [-0.1, -0.05) is 0 Å². The molecule has 0 saturated heterocycles. The van der Waals surface area contributed by atoms with Gasteiger partial charge in [0.15, 0.2) is 0 Å². The number of nitrogens with zero attached hydrogens (tertiary/aromatic N) is 2. The third kappa shape index (κ3) is 1.80. The number of rotatable bonds is 2. The van der Waals surface area contributed by atoms with Crippen LogP contribution in [0.4, 0.5) is 5.82 Å². The van der Waals surface area contributed by atoms with E-state index in [1.54, 1.807) is 6.20 Å². The Kier molecular flexibility index (Phi) is 2.35. The summed E-state index contributed by atoms with van der Waals surface area (Å²) in [6.45, 7) is 0. The van der Waals surface area contributed by atoms with Crippen LogP contribution < -0.4 is 5.32 Å². The summed E-state index contributed by atoms with van der Waals surface area (Å²) in [5.74, 6) is 3.74. The van der Waals surface area contributed by atoms with Crippen molar-refractivity contribution < 1.29 is 0 Å². The van der Waals surface area contributed by atoms with Crippen molar-refractivity contribution in [2.75, 3.05) is 5.32 Å². The van der Waals surface area contributed by atoms with E-state index in [2.05, 4.69) is 15.3 Å². The molecule has 96 valence electrons. The summed E-state index contributed by atoms with van der Waals surface area (Å²) >= 11 is 5.87. The summed E-state index contributed by atoms with van der Waals surface area (Å²) in [5, 5.41) is 4.03. The minimum atomic E-state index is 0.298. The van der Waals surface area contributed by atoms with Gasteiger partial charge in [0.1, 0.15) is 5.82 Å². The van der Waals surface area contributed by atoms with Gasteiger partial charge in [0.2, 0.25) is 5.28 Å². The predicted octanol–water partition coefficient (Wildman–Crippen LogP) is 3.51. The molecule has 0 atom stereocenters. The number of anilines is 1. The Morgan fingerprint density at radius 2 is 1.72 bits per heavy atom. The average Bonchev–Trinajstić information content (AvgIpc) is 2.25. The highest BCUT2D eigenvalue weighted by molar-refractivity contribution is 6.28. The number of halogens is 1. The van der Waals surface area contributed by atoms with Crippen LogP contribution in [0.25, 0.3) is 0 Å². The molecule has 0 unspecified atom stereocenters. The fraction of sp³-hybridized carbons (Fsp3) is 0.714. The van der Waals surface area contributed by atoms with Crippen molar-refractivity contribution in [2.24, 2.45) is 17.8 Å². The molecule has 0 amide bonds. The van der Waals surface area contributed by atoms with Crippen LogP contribution in [0.15, 0.2) is 12.3 Å². The van der Waals surface area contributed by atoms with Crippen LogP contribution in [0, 0.1) is 17.8 Å². The number of nitrogens with one attached hydrogen (secondary N) is 1. The number of hydrogen-bond donors (Lipinski definition) is 1. The van der Waals surface area contributed by atoms with Crippen LogP contribution in [-0.2, 0) is 0 Å². The minimum absolute atomic E-state index is 0.298. The molecule has 4 fully saturated rings. The van der Waals surface area contributed by atoms with Gasteiger partial charge in [-0.2, -0.15) is 0 Å². The quantitative estimate of drug-likeness (QED) is 0.830. The summed E-state index contributed by atoms with van der Waals surface area (Å²) in [4.78, 5) is 8.24. The van der Waals surface area contributed by atoms with Gasteiger partial charge in [-0.3, -0.25) is 0 Å². The molecule has 3 nitrogen and oxygen atoms in total. The lowest BCUT2D eigenvalue weighted by atomic mass is 9.53. The molecule has 1 N–H and O–H groups in total. The third-order valence-electron chi connectivity index (χ3n) is 5.06. The summed E-state index contributed by atoms with van der Waals surface area (Å²) in [5.41, 5.74) is 0.298. The Bertz CT molecular complexity index is 439. The van der Waals surface area contributed by atoms with Crippen molar-refractivity contribution in [2.45, 2.75) is 44.1 Å². The molecule has 5 rings (SSSR count). The second-order valence-electron chi connectivity index (χ2n) is 6.53. The first kappa shape index (κ1) is 11.0. The monoisotopic (exact) mass is 263 g/mol. The topological polar surface area (TPSA) is 37.8 Å². The second-order valence-corrected chi connectivity index (χ2v) is 6.87. The van der Waals surface area contributed by atoms with Gasteiger partial charge in [-0.05, 0) is 73.9 Å². The zero-order valence-electron chi connectivity index (χ0n) is 10.4. The van der Waals surface area contributed by atoms with Crippen LogP contribution in [-0.4, -0.2) is 15.5 Å². The number of hydrogen-bond acceptors (Lipinski definition) is 3. The van der Waals surface area contributed by atoms with E-state index in [1.165, 1.54) is 38.5 Å². The molecule has 4 bridgehead atoms. The highest BCUT2D eigenvalue weighted by Crippen LogP contribution is 2.56. The Morgan fingerprint density at radius 1 is 1.11 bits per heavy atom. The Morgan fingerprint density at radius 3 is 2.28 bits per heavy atom. The minimum Gasteiger partial charge on any atom is -0.364 e. The Labute approximate surface area is 112 Å². The van der Waals surface area contributed by atoms with E-state index in [1.807, 2.05) is 6.07 Å². The van der Waals surface area contributed by atoms with E-state index < -0.39 is 0 Å². The van der Waals surface area contributed by atoms with Crippen molar-refractivity contribution in [3.8, 4) is 0 Å². The summed E-state index contributed by atoms with van der Waals surface area (Å²) in [6, 6.07) is 1.93. The molecular formula is C14H18ClN3. The van der Waals surface area contributed by atoms with Gasteiger partial charge < -0.3 is 5.32 Å². The van der Waals surface area contributed by atoms with Gasteiger partial charge in [0.05, 0.1) is 0 Å². The molecule has 1 aromatic rings. The van der Waals surface area contributed by atoms with Crippen molar-refractivity contribution in [3.05, 3.63) is 17.5 Å². The third-order valence-corrected chi connectivity index (χ3v) is 5.24. The molecule has 1 aromatic heterocycles. The average molecular weight is 264 g/mol. The maximum Gasteiger partial charge on any atom is 0.224 e. The molecule has 18 heavy (non-hydrogen) atoms. The van der Waals surface area contributed by atoms with E-state index in [-0.39, 0.29) is 0 Å². The van der Waals surface area contributed by atoms with Crippen LogP contribution in [0.5, 0.6) is 0 Å². The number of aromatic nitrogens is 2. The maximum absolute atomic E-state index is 5.87. The Balaban J connectivity index is 1.60. The zero-order valence-corrected chi connectivity index (χ0v) is 11.2. The predicted molar refractivity (Wildman–Crippen MR) is 71.6 cm³/mol. The second kappa shape index (κ2) is 3.83. The molecule has 0 aliphatic heterocycles. The first-order chi connectivity index (χ1) is 8.71. The molecular weight excluding hydrogens is 246 g/mol. The fourth-order valence-corrected chi connectivity index (χ4v) is 5.09. The Hall–Kier alpha value is -0.830. The molecule has 0 aromatic carbocycles. The highest BCUT2D eigenvalue weighted by atomic mass is 35.5. The molecule has 4 heteroatoms. The van der Waals surface area contributed by atoms with Crippen LogP contribution in [0.1, 0.15) is 38.5 Å². The van der Waals surface area contributed by atoms with E-state index in [0.717, 1.165) is 23.6 Å². The van der Waals surface area contributed by atoms with Gasteiger partial charge in [0, 0.05) is 11.7 Å². The first-order valence-electron chi connectivity index (χ1n) is 6.97. The van der Waals surface area contributed by atoms with E-state index in [4.69, 9.17) is 11.6 Å². The lowest BCUT2D eigenvalue weighted by Gasteiger charge is -2.57. The van der Waals surface area contributed by atoms with Crippen LogP contribution in [0.2, 0.25) is 5.28 Å². The fourth-order valence-electron chi connectivity index (χ4n) is 4.94. The van der Waals surface area contributed by atoms with Gasteiger partial charge >= 0.3 is 0 Å². The smallest absolute Gasteiger partial charge is 0.224 e. The first-order valence-corrected chi connectivity index (χ1v) is 7.35. The van der Waals surface area contributed by atoms with E-state index in [0.29, 0.717) is 10.8 Å². The van der Waals surface area contributed by atoms with Crippen molar-refractivity contribution in [3.63, 3.8) is 0 Å². The largest absolute Gasteiger partial charge is 0.364 e. The van der Waals surface area contributed by atoms with Crippen molar-refractivity contribution in [1.29, 1.82) is 0 Å². The maximum atomic E-state index is 5.87. The molecule has 0 radical (unpaired) electrons. The molecule has 4 saturated carbocycles. The molecule has 1 heterocycles. The lowest BCUT2D eigenvalue weighted by molar-refractivity contribution is 0.0105. The van der Waals surface area contributed by atoms with E-state index >= 15 is 0 Å². The SMILES string of the molecule is Clc1nccc(NC23CC4CC(CC(C4)C2)C3)n1. The zero-order chi connectivity index (χ0) is 12.2. The van der Waals surface area contributed by atoms with Crippen molar-refractivity contribution >= 4 is 17.4 Å². The van der Waals surface area contributed by atoms with Gasteiger partial charge in [-0.25, -0.2) is 9.97 Å². The van der Waals surface area contributed by atoms with Crippen LogP contribution in [0.3, 0.4) is 0 Å². The van der Waals surface area contributed by atoms with Crippen molar-refractivity contribution in [1.82, 2.24) is 9.97 Å². The lowest BCUT2D eigenvalue weighted by Crippen LogP contribution is -2.54. The molecule has 4 aliphatic rings. The highest BCUT2D eigenvalue weighted by Gasteiger charge is 2.51. The standard InChI is InChI=1S/C14H18ClN3/c15-13-16-2-1-12(17-13)18-14-6-9-3-10(7-14)5-11(4-9)8-14/h1-2,9-11H,3-8H2,(H,16,17,18). The normalized spacial score (nSPS) is 41.1. The molecule has 4 aliphatic carbocycles. The summed E-state index contributed by atoms with van der Waals surface area (Å²) in [6.07, 6.45) is 10.1. The summed E-state index contributed by atoms with van der Waals surface area (Å²) in [7, 11) is 0.